The summed E-state index contributed by atoms with van der Waals surface area (Å²) >= 11 is 0. The van der Waals surface area contributed by atoms with Crippen molar-refractivity contribution in [3.8, 4) is 0 Å². The molecule has 0 saturated heterocycles. The Labute approximate surface area is 122 Å². The van der Waals surface area contributed by atoms with Crippen molar-refractivity contribution in [1.82, 2.24) is 4.31 Å². The molecule has 0 aromatic heterocycles. The van der Waals surface area contributed by atoms with Gasteiger partial charge in [-0.15, -0.1) is 0 Å². The first kappa shape index (κ1) is 15.7. The number of hydrogen-bond acceptors (Lipinski definition) is 3. The maximum absolute atomic E-state index is 14.1. The fraction of sp³-hybridized carbons (Fsp3) is 0.357. The molecule has 0 bridgehead atoms. The van der Waals surface area contributed by atoms with Crippen LogP contribution in [0.4, 0.5) is 4.39 Å². The van der Waals surface area contributed by atoms with Gasteiger partial charge < -0.3 is 5.11 Å². The second-order valence-corrected chi connectivity index (χ2v) is 6.98. The van der Waals surface area contributed by atoms with E-state index in [0.29, 0.717) is 6.42 Å². The number of aromatic carboxylic acids is 1. The lowest BCUT2D eigenvalue weighted by atomic mass is 10.1. The predicted molar refractivity (Wildman–Crippen MR) is 75.1 cm³/mol. The highest BCUT2D eigenvalue weighted by atomic mass is 32.2. The van der Waals surface area contributed by atoms with E-state index in [4.69, 9.17) is 5.11 Å². The van der Waals surface area contributed by atoms with Crippen molar-refractivity contribution in [1.29, 1.82) is 0 Å². The fourth-order valence-corrected chi connectivity index (χ4v) is 3.76. The van der Waals surface area contributed by atoms with Gasteiger partial charge in [0.25, 0.3) is 0 Å². The van der Waals surface area contributed by atoms with E-state index in [0.717, 1.165) is 23.3 Å². The van der Waals surface area contributed by atoms with Crippen LogP contribution in [-0.4, -0.2) is 36.9 Å². The van der Waals surface area contributed by atoms with Crippen LogP contribution in [0.25, 0.3) is 0 Å². The molecule has 0 amide bonds. The number of halogens is 1. The van der Waals surface area contributed by atoms with E-state index in [1.165, 1.54) is 10.4 Å². The second kappa shape index (κ2) is 5.57. The Hall–Kier alpha value is -1.73. The smallest absolute Gasteiger partial charge is 0.338 e. The Morgan fingerprint density at radius 1 is 1.29 bits per heavy atom. The SMILES string of the molecule is CC1=C(C)CN(S(=O)(=O)c2cccc(C(=O)O)c2F)CC1. The summed E-state index contributed by atoms with van der Waals surface area (Å²) in [6.07, 6.45) is 0.589. The Bertz CT molecular complexity index is 724. The van der Waals surface area contributed by atoms with Crippen molar-refractivity contribution in [3.63, 3.8) is 0 Å². The normalized spacial score (nSPS) is 17.1. The average Bonchev–Trinajstić information content (AvgIpc) is 2.41. The molecule has 0 radical (unpaired) electrons. The van der Waals surface area contributed by atoms with Crippen LogP contribution >= 0.6 is 0 Å². The molecule has 1 aromatic carbocycles. The van der Waals surface area contributed by atoms with Gasteiger partial charge in [0.05, 0.1) is 5.56 Å². The van der Waals surface area contributed by atoms with Gasteiger partial charge in [-0.05, 0) is 32.4 Å². The number of benzene rings is 1. The molecule has 1 aliphatic rings. The van der Waals surface area contributed by atoms with Crippen molar-refractivity contribution in [2.24, 2.45) is 0 Å². The number of rotatable bonds is 3. The lowest BCUT2D eigenvalue weighted by Crippen LogP contribution is -2.37. The third-order valence-corrected chi connectivity index (χ3v) is 5.55. The van der Waals surface area contributed by atoms with E-state index in [9.17, 15) is 17.6 Å². The minimum absolute atomic E-state index is 0.199. The number of carbonyl (C=O) groups is 1. The molecule has 2 rings (SSSR count). The van der Waals surface area contributed by atoms with Gasteiger partial charge in [0.1, 0.15) is 4.90 Å². The van der Waals surface area contributed by atoms with Gasteiger partial charge in [-0.3, -0.25) is 0 Å². The van der Waals surface area contributed by atoms with Crippen LogP contribution in [0.1, 0.15) is 30.6 Å². The first-order valence-electron chi connectivity index (χ1n) is 6.42. The molecule has 1 N–H and O–H groups in total. The summed E-state index contributed by atoms with van der Waals surface area (Å²) in [5.74, 6) is -2.70. The quantitative estimate of drug-likeness (QED) is 0.869. The monoisotopic (exact) mass is 313 g/mol. The number of sulfonamides is 1. The van der Waals surface area contributed by atoms with Crippen molar-refractivity contribution < 1.29 is 22.7 Å². The topological polar surface area (TPSA) is 74.7 Å². The van der Waals surface area contributed by atoms with Crippen LogP contribution in [0.3, 0.4) is 0 Å². The van der Waals surface area contributed by atoms with Gasteiger partial charge in [-0.2, -0.15) is 4.31 Å². The van der Waals surface area contributed by atoms with Gasteiger partial charge in [-0.1, -0.05) is 17.2 Å². The molecule has 0 spiro atoms. The third-order valence-electron chi connectivity index (χ3n) is 3.69. The van der Waals surface area contributed by atoms with Crippen LogP contribution in [0.2, 0.25) is 0 Å². The lowest BCUT2D eigenvalue weighted by Gasteiger charge is -2.28. The van der Waals surface area contributed by atoms with E-state index < -0.39 is 32.3 Å². The van der Waals surface area contributed by atoms with Gasteiger partial charge in [0.2, 0.25) is 10.0 Å². The number of hydrogen-bond donors (Lipinski definition) is 1. The Kier molecular flexibility index (Phi) is 4.15. The highest BCUT2D eigenvalue weighted by molar-refractivity contribution is 7.89. The summed E-state index contributed by atoms with van der Waals surface area (Å²) in [6.45, 7) is 4.24. The molecule has 7 heteroatoms. The summed E-state index contributed by atoms with van der Waals surface area (Å²) in [7, 11) is -4.04. The predicted octanol–water partition coefficient (Wildman–Crippen LogP) is 2.25. The minimum atomic E-state index is -4.04. The minimum Gasteiger partial charge on any atom is -0.478 e. The highest BCUT2D eigenvalue weighted by Gasteiger charge is 2.31. The van der Waals surface area contributed by atoms with Gasteiger partial charge >= 0.3 is 5.97 Å². The van der Waals surface area contributed by atoms with Crippen LogP contribution in [0.5, 0.6) is 0 Å². The van der Waals surface area contributed by atoms with Crippen molar-refractivity contribution in [2.45, 2.75) is 25.2 Å². The summed E-state index contributed by atoms with van der Waals surface area (Å²) in [5.41, 5.74) is 1.41. The summed E-state index contributed by atoms with van der Waals surface area (Å²) in [5, 5.41) is 8.89. The highest BCUT2D eigenvalue weighted by Crippen LogP contribution is 2.26. The van der Waals surface area contributed by atoms with Crippen molar-refractivity contribution >= 4 is 16.0 Å². The van der Waals surface area contributed by atoms with Crippen LogP contribution in [0, 0.1) is 5.82 Å². The summed E-state index contributed by atoms with van der Waals surface area (Å²) < 4.78 is 40.3. The molecule has 0 saturated carbocycles. The molecule has 0 aliphatic carbocycles. The van der Waals surface area contributed by atoms with Crippen LogP contribution < -0.4 is 0 Å². The summed E-state index contributed by atoms with van der Waals surface area (Å²) in [4.78, 5) is 10.3. The molecule has 114 valence electrons. The molecule has 1 heterocycles. The fourth-order valence-electron chi connectivity index (χ4n) is 2.20. The maximum atomic E-state index is 14.1. The second-order valence-electron chi connectivity index (χ2n) is 5.07. The van der Waals surface area contributed by atoms with Gasteiger partial charge in [-0.25, -0.2) is 17.6 Å². The number of carboxylic acids is 1. The van der Waals surface area contributed by atoms with Gasteiger partial charge in [0.15, 0.2) is 5.82 Å². The third kappa shape index (κ3) is 2.84. The Morgan fingerprint density at radius 3 is 2.52 bits per heavy atom. The molecule has 21 heavy (non-hydrogen) atoms. The zero-order valence-electron chi connectivity index (χ0n) is 11.8. The first-order valence-corrected chi connectivity index (χ1v) is 7.86. The molecule has 1 aliphatic heterocycles. The van der Waals surface area contributed by atoms with E-state index in [2.05, 4.69) is 0 Å². The Morgan fingerprint density at radius 2 is 1.95 bits per heavy atom. The standard InChI is InChI=1S/C14H16FNO4S/c1-9-6-7-16(8-10(9)2)21(19,20)12-5-3-4-11(13(12)15)14(17)18/h3-5H,6-8H2,1-2H3,(H,17,18). The van der Waals surface area contributed by atoms with E-state index in [-0.39, 0.29) is 13.1 Å². The van der Waals surface area contributed by atoms with Crippen LogP contribution in [-0.2, 0) is 10.0 Å². The van der Waals surface area contributed by atoms with Crippen LogP contribution in [0.15, 0.2) is 34.2 Å². The molecular weight excluding hydrogens is 297 g/mol. The molecule has 1 aromatic rings. The van der Waals surface area contributed by atoms with Crippen molar-refractivity contribution in [2.75, 3.05) is 13.1 Å². The summed E-state index contributed by atoms with van der Waals surface area (Å²) in [6, 6.07) is 3.37. The zero-order valence-corrected chi connectivity index (χ0v) is 12.6. The molecular formula is C14H16FNO4S. The maximum Gasteiger partial charge on any atom is 0.338 e. The average molecular weight is 313 g/mol. The largest absolute Gasteiger partial charge is 0.478 e. The number of nitrogens with zero attached hydrogens (tertiary/aromatic N) is 1. The molecule has 0 atom stereocenters. The molecule has 5 nitrogen and oxygen atoms in total. The van der Waals surface area contributed by atoms with E-state index >= 15 is 0 Å². The van der Waals surface area contributed by atoms with E-state index in [1.807, 2.05) is 13.8 Å². The van der Waals surface area contributed by atoms with Crippen molar-refractivity contribution in [3.05, 3.63) is 40.7 Å². The first-order chi connectivity index (χ1) is 9.75. The van der Waals surface area contributed by atoms with Gasteiger partial charge in [0, 0.05) is 13.1 Å². The lowest BCUT2D eigenvalue weighted by molar-refractivity contribution is 0.0691. The molecule has 0 unspecified atom stereocenters. The number of carboxylic acid groups (broad SMARTS) is 1. The Balaban J connectivity index is 2.47. The van der Waals surface area contributed by atoms with E-state index in [1.54, 1.807) is 0 Å². The zero-order chi connectivity index (χ0) is 15.8. The molecule has 0 fully saturated rings.